The molecule has 0 unspecified atom stereocenters. The smallest absolute Gasteiger partial charge is 0.247 e. The van der Waals surface area contributed by atoms with Crippen molar-refractivity contribution in [3.63, 3.8) is 0 Å². The maximum absolute atomic E-state index is 12.0. The average molecular weight is 342 g/mol. The van der Waals surface area contributed by atoms with Gasteiger partial charge in [0.1, 0.15) is 0 Å². The number of aromatic nitrogens is 2. The van der Waals surface area contributed by atoms with E-state index in [-0.39, 0.29) is 5.91 Å². The Kier molecular flexibility index (Phi) is 5.81. The number of amides is 1. The van der Waals surface area contributed by atoms with Crippen LogP contribution in [0.1, 0.15) is 37.6 Å². The SMILES string of the molecule is Cc1ccc(-c2nnc(CCC(=O)NC[C@H](C)N3CCCC3)o2)cc1. The molecule has 6 heteroatoms. The zero-order valence-corrected chi connectivity index (χ0v) is 15.0. The highest BCUT2D eigenvalue weighted by atomic mass is 16.4. The molecular weight excluding hydrogens is 316 g/mol. The Balaban J connectivity index is 1.43. The van der Waals surface area contributed by atoms with Gasteiger partial charge in [0.2, 0.25) is 17.7 Å². The number of hydrogen-bond donors (Lipinski definition) is 1. The van der Waals surface area contributed by atoms with Crippen LogP contribution >= 0.6 is 0 Å². The van der Waals surface area contributed by atoms with Gasteiger partial charge in [0.25, 0.3) is 0 Å². The van der Waals surface area contributed by atoms with Gasteiger partial charge in [-0.3, -0.25) is 9.69 Å². The van der Waals surface area contributed by atoms with Crippen LogP contribution in [-0.2, 0) is 11.2 Å². The summed E-state index contributed by atoms with van der Waals surface area (Å²) in [5, 5.41) is 11.1. The fourth-order valence-electron chi connectivity index (χ4n) is 3.05. The van der Waals surface area contributed by atoms with Gasteiger partial charge in [0.15, 0.2) is 0 Å². The summed E-state index contributed by atoms with van der Waals surface area (Å²) in [6, 6.07) is 8.32. The first-order valence-electron chi connectivity index (χ1n) is 9.02. The molecule has 1 amide bonds. The molecule has 0 saturated carbocycles. The Hall–Kier alpha value is -2.21. The van der Waals surface area contributed by atoms with E-state index in [0.29, 0.717) is 37.2 Å². The minimum atomic E-state index is 0.0288. The molecule has 1 N–H and O–H groups in total. The van der Waals surface area contributed by atoms with Crippen LogP contribution in [-0.4, -0.2) is 46.7 Å². The quantitative estimate of drug-likeness (QED) is 0.837. The number of rotatable bonds is 7. The van der Waals surface area contributed by atoms with Crippen LogP contribution in [0.3, 0.4) is 0 Å². The molecule has 1 aliphatic heterocycles. The normalized spacial score (nSPS) is 16.1. The van der Waals surface area contributed by atoms with Crippen molar-refractivity contribution >= 4 is 5.91 Å². The fraction of sp³-hybridized carbons (Fsp3) is 0.526. The van der Waals surface area contributed by atoms with Gasteiger partial charge in [-0.05, 0) is 51.9 Å². The van der Waals surface area contributed by atoms with E-state index >= 15 is 0 Å². The van der Waals surface area contributed by atoms with Crippen LogP contribution in [0.2, 0.25) is 0 Å². The Labute approximate surface area is 148 Å². The van der Waals surface area contributed by atoms with Crippen LogP contribution in [0.25, 0.3) is 11.5 Å². The Morgan fingerprint density at radius 1 is 1.24 bits per heavy atom. The summed E-state index contributed by atoms with van der Waals surface area (Å²) in [6.07, 6.45) is 3.35. The molecule has 1 saturated heterocycles. The molecule has 25 heavy (non-hydrogen) atoms. The molecular formula is C19H26N4O2. The van der Waals surface area contributed by atoms with Crippen molar-refractivity contribution in [1.82, 2.24) is 20.4 Å². The van der Waals surface area contributed by atoms with Gasteiger partial charge in [-0.25, -0.2) is 0 Å². The van der Waals surface area contributed by atoms with Gasteiger partial charge in [0, 0.05) is 31.0 Å². The van der Waals surface area contributed by atoms with Gasteiger partial charge in [0.05, 0.1) is 0 Å². The molecule has 0 bridgehead atoms. The van der Waals surface area contributed by atoms with E-state index in [1.807, 2.05) is 31.2 Å². The number of benzene rings is 1. The Morgan fingerprint density at radius 2 is 1.96 bits per heavy atom. The summed E-state index contributed by atoms with van der Waals surface area (Å²) in [4.78, 5) is 14.5. The summed E-state index contributed by atoms with van der Waals surface area (Å²) in [5.74, 6) is 1.03. The number of carbonyl (C=O) groups is 1. The molecule has 1 aromatic heterocycles. The lowest BCUT2D eigenvalue weighted by Gasteiger charge is -2.23. The highest BCUT2D eigenvalue weighted by molar-refractivity contribution is 5.76. The largest absolute Gasteiger partial charge is 0.421 e. The number of aryl methyl sites for hydroxylation is 2. The highest BCUT2D eigenvalue weighted by Crippen LogP contribution is 2.18. The summed E-state index contributed by atoms with van der Waals surface area (Å²) < 4.78 is 5.66. The topological polar surface area (TPSA) is 71.3 Å². The van der Waals surface area contributed by atoms with E-state index in [0.717, 1.165) is 18.7 Å². The number of nitrogens with zero attached hydrogens (tertiary/aromatic N) is 3. The molecule has 0 spiro atoms. The lowest BCUT2D eigenvalue weighted by atomic mass is 10.1. The van der Waals surface area contributed by atoms with E-state index < -0.39 is 0 Å². The molecule has 1 aromatic carbocycles. The minimum Gasteiger partial charge on any atom is -0.421 e. The second-order valence-corrected chi connectivity index (χ2v) is 6.76. The van der Waals surface area contributed by atoms with Crippen LogP contribution in [0.5, 0.6) is 0 Å². The van der Waals surface area contributed by atoms with E-state index in [1.54, 1.807) is 0 Å². The first-order chi connectivity index (χ1) is 12.1. The standard InChI is InChI=1S/C19H26N4O2/c1-14-5-7-16(8-6-14)19-22-21-18(25-19)10-9-17(24)20-13-15(2)23-11-3-4-12-23/h5-8,15H,3-4,9-13H2,1-2H3,(H,20,24)/t15-/m0/s1. The average Bonchev–Trinajstić information content (AvgIpc) is 3.30. The first kappa shape index (κ1) is 17.6. The summed E-state index contributed by atoms with van der Waals surface area (Å²) >= 11 is 0. The fourth-order valence-corrected chi connectivity index (χ4v) is 3.05. The molecule has 3 rings (SSSR count). The zero-order chi connectivity index (χ0) is 17.6. The lowest BCUT2D eigenvalue weighted by Crippen LogP contribution is -2.40. The van der Waals surface area contributed by atoms with E-state index in [2.05, 4.69) is 27.3 Å². The molecule has 0 radical (unpaired) electrons. The number of hydrogen-bond acceptors (Lipinski definition) is 5. The molecule has 134 valence electrons. The maximum Gasteiger partial charge on any atom is 0.247 e. The van der Waals surface area contributed by atoms with Crippen LogP contribution < -0.4 is 5.32 Å². The summed E-state index contributed by atoms with van der Waals surface area (Å²) in [7, 11) is 0. The molecule has 0 aliphatic carbocycles. The number of likely N-dealkylation sites (tertiary alicyclic amines) is 1. The molecule has 1 atom stereocenters. The third kappa shape index (κ3) is 4.89. The van der Waals surface area contributed by atoms with Gasteiger partial charge in [-0.2, -0.15) is 0 Å². The third-order valence-electron chi connectivity index (χ3n) is 4.69. The van der Waals surface area contributed by atoms with Crippen LogP contribution in [0.15, 0.2) is 28.7 Å². The molecule has 1 fully saturated rings. The van der Waals surface area contributed by atoms with Crippen molar-refractivity contribution in [3.05, 3.63) is 35.7 Å². The van der Waals surface area contributed by atoms with Gasteiger partial charge < -0.3 is 9.73 Å². The lowest BCUT2D eigenvalue weighted by molar-refractivity contribution is -0.121. The predicted octanol–water partition coefficient (Wildman–Crippen LogP) is 2.58. The van der Waals surface area contributed by atoms with E-state index in [4.69, 9.17) is 4.42 Å². The molecule has 6 nitrogen and oxygen atoms in total. The summed E-state index contributed by atoms with van der Waals surface area (Å²) in [6.45, 7) is 7.17. The van der Waals surface area contributed by atoms with E-state index in [9.17, 15) is 4.79 Å². The van der Waals surface area contributed by atoms with Crippen molar-refractivity contribution in [3.8, 4) is 11.5 Å². The van der Waals surface area contributed by atoms with Gasteiger partial charge in [-0.15, -0.1) is 10.2 Å². The van der Waals surface area contributed by atoms with Gasteiger partial charge >= 0.3 is 0 Å². The number of carbonyl (C=O) groups excluding carboxylic acids is 1. The highest BCUT2D eigenvalue weighted by Gasteiger charge is 2.18. The maximum atomic E-state index is 12.0. The van der Waals surface area contributed by atoms with Crippen molar-refractivity contribution in [1.29, 1.82) is 0 Å². The molecule has 1 aliphatic rings. The molecule has 2 aromatic rings. The van der Waals surface area contributed by atoms with E-state index in [1.165, 1.54) is 18.4 Å². The van der Waals surface area contributed by atoms with Crippen molar-refractivity contribution in [2.24, 2.45) is 0 Å². The Morgan fingerprint density at radius 3 is 2.68 bits per heavy atom. The van der Waals surface area contributed by atoms with Crippen LogP contribution in [0.4, 0.5) is 0 Å². The molecule has 2 heterocycles. The zero-order valence-electron chi connectivity index (χ0n) is 15.0. The predicted molar refractivity (Wildman–Crippen MR) is 96.1 cm³/mol. The number of nitrogens with one attached hydrogen (secondary N) is 1. The minimum absolute atomic E-state index is 0.0288. The van der Waals surface area contributed by atoms with Gasteiger partial charge in [-0.1, -0.05) is 17.7 Å². The monoisotopic (exact) mass is 342 g/mol. The Bertz CT molecular complexity index is 690. The van der Waals surface area contributed by atoms with Crippen molar-refractivity contribution in [2.75, 3.05) is 19.6 Å². The summed E-state index contributed by atoms with van der Waals surface area (Å²) in [5.41, 5.74) is 2.08. The van der Waals surface area contributed by atoms with Crippen molar-refractivity contribution in [2.45, 2.75) is 45.6 Å². The third-order valence-corrected chi connectivity index (χ3v) is 4.69. The first-order valence-corrected chi connectivity index (χ1v) is 9.02. The second kappa shape index (κ2) is 8.25. The second-order valence-electron chi connectivity index (χ2n) is 6.76. The van der Waals surface area contributed by atoms with Crippen LogP contribution in [0, 0.1) is 6.92 Å². The van der Waals surface area contributed by atoms with Crippen molar-refractivity contribution < 1.29 is 9.21 Å².